The van der Waals surface area contributed by atoms with Crippen molar-refractivity contribution < 1.29 is 14.6 Å². The second kappa shape index (κ2) is 6.40. The van der Waals surface area contributed by atoms with E-state index in [1.807, 2.05) is 24.3 Å². The van der Waals surface area contributed by atoms with E-state index in [2.05, 4.69) is 13.8 Å². The first-order chi connectivity index (χ1) is 9.44. The lowest BCUT2D eigenvalue weighted by Gasteiger charge is -2.34. The molecule has 1 saturated carbocycles. The fourth-order valence-electron chi connectivity index (χ4n) is 2.68. The van der Waals surface area contributed by atoms with Crippen LogP contribution in [0.15, 0.2) is 24.3 Å². The predicted molar refractivity (Wildman–Crippen MR) is 78.6 cm³/mol. The molecule has 1 aromatic rings. The van der Waals surface area contributed by atoms with Crippen molar-refractivity contribution in [2.24, 2.45) is 5.41 Å². The van der Waals surface area contributed by atoms with Crippen LogP contribution in [0.5, 0.6) is 0 Å². The summed E-state index contributed by atoms with van der Waals surface area (Å²) in [5.74, 6) is -0.793. The van der Waals surface area contributed by atoms with Crippen LogP contribution in [-0.2, 0) is 22.6 Å². The zero-order valence-electron chi connectivity index (χ0n) is 12.4. The van der Waals surface area contributed by atoms with Crippen LogP contribution >= 0.6 is 0 Å². The number of ether oxygens (including phenoxy) is 1. The maximum atomic E-state index is 10.6. The average Bonchev–Trinajstić information content (AvgIpc) is 2.38. The normalized spacial score (nSPS) is 18.9. The van der Waals surface area contributed by atoms with E-state index in [-0.39, 0.29) is 6.42 Å². The molecule has 0 unspecified atom stereocenters. The Hall–Kier alpha value is -1.35. The van der Waals surface area contributed by atoms with Crippen LogP contribution in [0, 0.1) is 5.41 Å². The first kappa shape index (κ1) is 15.0. The smallest absolute Gasteiger partial charge is 0.307 e. The zero-order valence-corrected chi connectivity index (χ0v) is 12.4. The molecule has 3 heteroatoms. The van der Waals surface area contributed by atoms with E-state index in [1.54, 1.807) is 0 Å². The molecule has 0 bridgehead atoms. The lowest BCUT2D eigenvalue weighted by Crippen LogP contribution is -2.26. The lowest BCUT2D eigenvalue weighted by atomic mass is 9.76. The third-order valence-corrected chi connectivity index (χ3v) is 4.15. The van der Waals surface area contributed by atoms with E-state index in [4.69, 9.17) is 9.84 Å². The molecule has 0 radical (unpaired) electrons. The van der Waals surface area contributed by atoms with E-state index in [0.29, 0.717) is 18.1 Å². The summed E-state index contributed by atoms with van der Waals surface area (Å²) >= 11 is 0. The van der Waals surface area contributed by atoms with Gasteiger partial charge in [-0.15, -0.1) is 0 Å². The molecule has 0 amide bonds. The first-order valence-electron chi connectivity index (χ1n) is 7.36. The van der Waals surface area contributed by atoms with Gasteiger partial charge in [0, 0.05) is 0 Å². The molecule has 3 nitrogen and oxygen atoms in total. The van der Waals surface area contributed by atoms with Crippen molar-refractivity contribution in [2.45, 2.75) is 58.7 Å². The fraction of sp³-hybridized carbons (Fsp3) is 0.588. The SMILES string of the molecule is CC1(C)CCC(OCc2ccc(CC(=O)O)cc2)CC1. The summed E-state index contributed by atoms with van der Waals surface area (Å²) in [6, 6.07) is 7.67. The number of aliphatic carboxylic acids is 1. The Morgan fingerprint density at radius 2 is 1.75 bits per heavy atom. The van der Waals surface area contributed by atoms with E-state index in [0.717, 1.165) is 24.0 Å². The number of hydrogen-bond acceptors (Lipinski definition) is 2. The third kappa shape index (κ3) is 4.64. The highest BCUT2D eigenvalue weighted by molar-refractivity contribution is 5.70. The number of benzene rings is 1. The van der Waals surface area contributed by atoms with Crippen molar-refractivity contribution in [3.8, 4) is 0 Å². The van der Waals surface area contributed by atoms with Gasteiger partial charge in [0.1, 0.15) is 0 Å². The highest BCUT2D eigenvalue weighted by Crippen LogP contribution is 2.36. The second-order valence-corrected chi connectivity index (χ2v) is 6.56. The quantitative estimate of drug-likeness (QED) is 0.889. The Balaban J connectivity index is 1.78. The predicted octanol–water partition coefficient (Wildman–Crippen LogP) is 3.80. The van der Waals surface area contributed by atoms with Crippen LogP contribution in [-0.4, -0.2) is 17.2 Å². The highest BCUT2D eigenvalue weighted by atomic mass is 16.5. The average molecular weight is 276 g/mol. The topological polar surface area (TPSA) is 46.5 Å². The van der Waals surface area contributed by atoms with Crippen molar-refractivity contribution in [2.75, 3.05) is 0 Å². The summed E-state index contributed by atoms with van der Waals surface area (Å²) in [5, 5.41) is 8.73. The van der Waals surface area contributed by atoms with Gasteiger partial charge in [-0.05, 0) is 42.2 Å². The van der Waals surface area contributed by atoms with Crippen LogP contribution in [0.3, 0.4) is 0 Å². The van der Waals surface area contributed by atoms with Gasteiger partial charge in [-0.1, -0.05) is 38.1 Å². The van der Waals surface area contributed by atoms with Crippen molar-refractivity contribution in [1.82, 2.24) is 0 Å². The van der Waals surface area contributed by atoms with Crippen molar-refractivity contribution >= 4 is 5.97 Å². The molecule has 1 aliphatic rings. The minimum atomic E-state index is -0.793. The highest BCUT2D eigenvalue weighted by Gasteiger charge is 2.27. The Morgan fingerprint density at radius 1 is 1.20 bits per heavy atom. The van der Waals surface area contributed by atoms with Crippen LogP contribution in [0.4, 0.5) is 0 Å². The molecule has 1 N–H and O–H groups in total. The number of rotatable bonds is 5. The van der Waals surface area contributed by atoms with Gasteiger partial charge >= 0.3 is 5.97 Å². The molecule has 0 aliphatic heterocycles. The molecular formula is C17H24O3. The van der Waals surface area contributed by atoms with Gasteiger partial charge in [-0.3, -0.25) is 4.79 Å². The van der Waals surface area contributed by atoms with Gasteiger partial charge in [0.25, 0.3) is 0 Å². The maximum absolute atomic E-state index is 10.6. The number of hydrogen-bond donors (Lipinski definition) is 1. The standard InChI is InChI=1S/C17H24O3/c1-17(2)9-7-15(8-10-17)20-12-14-5-3-13(4-6-14)11-16(18)19/h3-6,15H,7-12H2,1-2H3,(H,18,19). The van der Waals surface area contributed by atoms with Gasteiger partial charge in [0.05, 0.1) is 19.1 Å². The van der Waals surface area contributed by atoms with E-state index >= 15 is 0 Å². The number of carboxylic acids is 1. The Labute approximate surface area is 121 Å². The Morgan fingerprint density at radius 3 is 2.30 bits per heavy atom. The molecular weight excluding hydrogens is 252 g/mol. The van der Waals surface area contributed by atoms with Gasteiger partial charge in [-0.25, -0.2) is 0 Å². The minimum Gasteiger partial charge on any atom is -0.481 e. The summed E-state index contributed by atoms with van der Waals surface area (Å²) < 4.78 is 5.97. The fourth-order valence-corrected chi connectivity index (χ4v) is 2.68. The third-order valence-electron chi connectivity index (χ3n) is 4.15. The molecule has 0 saturated heterocycles. The van der Waals surface area contributed by atoms with E-state index in [9.17, 15) is 4.79 Å². The number of carboxylic acid groups (broad SMARTS) is 1. The minimum absolute atomic E-state index is 0.0822. The van der Waals surface area contributed by atoms with Gasteiger partial charge < -0.3 is 9.84 Å². The van der Waals surface area contributed by atoms with Crippen LogP contribution in [0.2, 0.25) is 0 Å². The summed E-state index contributed by atoms with van der Waals surface area (Å²) in [6.45, 7) is 5.27. The van der Waals surface area contributed by atoms with Gasteiger partial charge in [-0.2, -0.15) is 0 Å². The molecule has 2 rings (SSSR count). The zero-order chi connectivity index (χ0) is 14.6. The summed E-state index contributed by atoms with van der Waals surface area (Å²) in [6.07, 6.45) is 5.21. The van der Waals surface area contributed by atoms with E-state index in [1.165, 1.54) is 12.8 Å². The second-order valence-electron chi connectivity index (χ2n) is 6.56. The van der Waals surface area contributed by atoms with Gasteiger partial charge in [0.15, 0.2) is 0 Å². The molecule has 1 aliphatic carbocycles. The maximum Gasteiger partial charge on any atom is 0.307 e. The van der Waals surface area contributed by atoms with Crippen molar-refractivity contribution in [3.63, 3.8) is 0 Å². The first-order valence-corrected chi connectivity index (χ1v) is 7.36. The molecule has 1 aromatic carbocycles. The van der Waals surface area contributed by atoms with Crippen LogP contribution < -0.4 is 0 Å². The molecule has 110 valence electrons. The van der Waals surface area contributed by atoms with E-state index < -0.39 is 5.97 Å². The van der Waals surface area contributed by atoms with Crippen molar-refractivity contribution in [3.05, 3.63) is 35.4 Å². The molecule has 0 aromatic heterocycles. The molecule has 1 fully saturated rings. The summed E-state index contributed by atoms with van der Waals surface area (Å²) in [4.78, 5) is 10.6. The largest absolute Gasteiger partial charge is 0.481 e. The molecule has 0 atom stereocenters. The molecule has 0 spiro atoms. The Bertz CT molecular complexity index is 438. The lowest BCUT2D eigenvalue weighted by molar-refractivity contribution is -0.136. The summed E-state index contributed by atoms with van der Waals surface area (Å²) in [5.41, 5.74) is 2.42. The van der Waals surface area contributed by atoms with Gasteiger partial charge in [0.2, 0.25) is 0 Å². The van der Waals surface area contributed by atoms with Crippen LogP contribution in [0.25, 0.3) is 0 Å². The Kier molecular flexibility index (Phi) is 4.81. The molecule has 0 heterocycles. The summed E-state index contributed by atoms with van der Waals surface area (Å²) in [7, 11) is 0. The number of carbonyl (C=O) groups is 1. The van der Waals surface area contributed by atoms with Crippen LogP contribution in [0.1, 0.15) is 50.7 Å². The van der Waals surface area contributed by atoms with Crippen molar-refractivity contribution in [1.29, 1.82) is 0 Å². The monoisotopic (exact) mass is 276 g/mol. The molecule has 20 heavy (non-hydrogen) atoms.